The largest absolute Gasteiger partial charge is 0.461 e. The van der Waals surface area contributed by atoms with Gasteiger partial charge in [0.25, 0.3) is 0 Å². The smallest absolute Gasteiger partial charge is 0.310 e. The van der Waals surface area contributed by atoms with Gasteiger partial charge in [-0.2, -0.15) is 0 Å². The first-order valence-corrected chi connectivity index (χ1v) is 5.88. The van der Waals surface area contributed by atoms with Crippen LogP contribution in [-0.4, -0.2) is 5.97 Å². The number of carbonyl (C=O) groups is 1. The quantitative estimate of drug-likeness (QED) is 0.678. The van der Waals surface area contributed by atoms with Crippen LogP contribution in [0, 0.1) is 5.82 Å². The van der Waals surface area contributed by atoms with Crippen molar-refractivity contribution in [3.05, 3.63) is 65.5 Å². The van der Waals surface area contributed by atoms with Gasteiger partial charge < -0.3 is 10.5 Å². The highest BCUT2D eigenvalue weighted by Crippen LogP contribution is 2.12. The average Bonchev–Trinajstić information content (AvgIpc) is 2.39. The van der Waals surface area contributed by atoms with Crippen molar-refractivity contribution in [2.45, 2.75) is 13.0 Å². The van der Waals surface area contributed by atoms with Crippen LogP contribution in [0.1, 0.15) is 11.1 Å². The first-order valence-electron chi connectivity index (χ1n) is 5.88. The molecule has 2 rings (SSSR count). The fourth-order valence-electron chi connectivity index (χ4n) is 1.69. The standard InChI is InChI=1S/C15H14FNO2/c16-13-6-3-4-11(8-13)10-19-15(18)9-12-5-1-2-7-14(12)17/h1-8H,9-10,17H2. The molecule has 98 valence electrons. The van der Waals surface area contributed by atoms with E-state index in [4.69, 9.17) is 10.5 Å². The number of hydrogen-bond acceptors (Lipinski definition) is 3. The number of para-hydroxylation sites is 1. The summed E-state index contributed by atoms with van der Waals surface area (Å²) in [5.74, 6) is -0.733. The summed E-state index contributed by atoms with van der Waals surface area (Å²) in [5, 5.41) is 0. The SMILES string of the molecule is Nc1ccccc1CC(=O)OCc1cccc(F)c1. The van der Waals surface area contributed by atoms with Crippen LogP contribution in [0.25, 0.3) is 0 Å². The van der Waals surface area contributed by atoms with Gasteiger partial charge in [-0.1, -0.05) is 30.3 Å². The van der Waals surface area contributed by atoms with E-state index in [0.29, 0.717) is 11.3 Å². The number of benzene rings is 2. The molecule has 0 atom stereocenters. The molecule has 0 aliphatic carbocycles. The van der Waals surface area contributed by atoms with Crippen molar-refractivity contribution < 1.29 is 13.9 Å². The molecule has 0 unspecified atom stereocenters. The molecule has 2 aromatic rings. The molecule has 0 radical (unpaired) electrons. The summed E-state index contributed by atoms with van der Waals surface area (Å²) in [7, 11) is 0. The van der Waals surface area contributed by atoms with E-state index in [1.54, 1.807) is 30.3 Å². The molecule has 0 amide bonds. The maximum Gasteiger partial charge on any atom is 0.310 e. The topological polar surface area (TPSA) is 52.3 Å². The van der Waals surface area contributed by atoms with Gasteiger partial charge in [-0.05, 0) is 29.3 Å². The Morgan fingerprint density at radius 1 is 1.16 bits per heavy atom. The zero-order chi connectivity index (χ0) is 13.7. The Kier molecular flexibility index (Phi) is 4.13. The summed E-state index contributed by atoms with van der Waals surface area (Å²) in [6.45, 7) is 0.0589. The number of ether oxygens (including phenoxy) is 1. The van der Waals surface area contributed by atoms with Gasteiger partial charge in [-0.25, -0.2) is 4.39 Å². The number of esters is 1. The molecule has 19 heavy (non-hydrogen) atoms. The zero-order valence-corrected chi connectivity index (χ0v) is 10.3. The zero-order valence-electron chi connectivity index (χ0n) is 10.3. The second-order valence-corrected chi connectivity index (χ2v) is 4.17. The molecule has 0 bridgehead atoms. The lowest BCUT2D eigenvalue weighted by Crippen LogP contribution is -2.09. The highest BCUT2D eigenvalue weighted by atomic mass is 19.1. The minimum atomic E-state index is -0.387. The van der Waals surface area contributed by atoms with E-state index in [1.165, 1.54) is 12.1 Å². The molecule has 0 fully saturated rings. The van der Waals surface area contributed by atoms with E-state index in [1.807, 2.05) is 6.07 Å². The molecule has 2 N–H and O–H groups in total. The van der Waals surface area contributed by atoms with Gasteiger partial charge in [0.05, 0.1) is 6.42 Å². The van der Waals surface area contributed by atoms with Crippen molar-refractivity contribution in [1.29, 1.82) is 0 Å². The van der Waals surface area contributed by atoms with Crippen LogP contribution in [0.15, 0.2) is 48.5 Å². The van der Waals surface area contributed by atoms with Gasteiger partial charge in [0.15, 0.2) is 0 Å². The normalized spacial score (nSPS) is 10.2. The van der Waals surface area contributed by atoms with E-state index >= 15 is 0 Å². The third kappa shape index (κ3) is 3.81. The first kappa shape index (κ1) is 13.1. The summed E-state index contributed by atoms with van der Waals surface area (Å²) in [6, 6.07) is 13.1. The number of nitrogen functional groups attached to an aromatic ring is 1. The van der Waals surface area contributed by atoms with Gasteiger partial charge >= 0.3 is 5.97 Å². The highest BCUT2D eigenvalue weighted by Gasteiger charge is 2.07. The molecule has 0 heterocycles. The minimum absolute atomic E-state index is 0.0589. The lowest BCUT2D eigenvalue weighted by atomic mass is 10.1. The van der Waals surface area contributed by atoms with Crippen LogP contribution in [-0.2, 0) is 22.6 Å². The monoisotopic (exact) mass is 259 g/mol. The number of halogens is 1. The predicted molar refractivity (Wildman–Crippen MR) is 70.8 cm³/mol. The van der Waals surface area contributed by atoms with Crippen LogP contribution in [0.4, 0.5) is 10.1 Å². The van der Waals surface area contributed by atoms with Crippen LogP contribution < -0.4 is 5.73 Å². The Labute approximate surface area is 110 Å². The lowest BCUT2D eigenvalue weighted by molar-refractivity contribution is -0.144. The third-order valence-corrected chi connectivity index (χ3v) is 2.68. The summed E-state index contributed by atoms with van der Waals surface area (Å²) in [6.07, 6.45) is 0.113. The number of hydrogen-bond donors (Lipinski definition) is 1. The van der Waals surface area contributed by atoms with Crippen LogP contribution in [0.5, 0.6) is 0 Å². The van der Waals surface area contributed by atoms with Gasteiger partial charge in [-0.15, -0.1) is 0 Å². The molecule has 0 saturated heterocycles. The number of carbonyl (C=O) groups excluding carboxylic acids is 1. The summed E-state index contributed by atoms with van der Waals surface area (Å²) in [5.41, 5.74) is 7.65. The van der Waals surface area contributed by atoms with E-state index < -0.39 is 0 Å². The highest BCUT2D eigenvalue weighted by molar-refractivity contribution is 5.74. The molecule has 0 aromatic heterocycles. The Bertz CT molecular complexity index is 584. The Morgan fingerprint density at radius 3 is 2.68 bits per heavy atom. The lowest BCUT2D eigenvalue weighted by Gasteiger charge is -2.07. The summed E-state index contributed by atoms with van der Waals surface area (Å²) < 4.78 is 18.0. The molecular weight excluding hydrogens is 245 g/mol. The fourth-order valence-corrected chi connectivity index (χ4v) is 1.69. The summed E-state index contributed by atoms with van der Waals surface area (Å²) >= 11 is 0. The first-order chi connectivity index (χ1) is 9.15. The van der Waals surface area contributed by atoms with Crippen molar-refractivity contribution in [2.24, 2.45) is 0 Å². The fraction of sp³-hybridized carbons (Fsp3) is 0.133. The Hall–Kier alpha value is -2.36. The van der Waals surface area contributed by atoms with Gasteiger partial charge in [0.1, 0.15) is 12.4 Å². The minimum Gasteiger partial charge on any atom is -0.461 e. The van der Waals surface area contributed by atoms with E-state index in [2.05, 4.69) is 0 Å². The molecule has 0 aliphatic heterocycles. The van der Waals surface area contributed by atoms with Crippen molar-refractivity contribution >= 4 is 11.7 Å². The van der Waals surface area contributed by atoms with Crippen LogP contribution in [0.2, 0.25) is 0 Å². The Morgan fingerprint density at radius 2 is 1.95 bits per heavy atom. The van der Waals surface area contributed by atoms with E-state index in [9.17, 15) is 9.18 Å². The predicted octanol–water partition coefficient (Wildman–Crippen LogP) is 2.69. The van der Waals surface area contributed by atoms with Crippen LogP contribution in [0.3, 0.4) is 0 Å². The summed E-state index contributed by atoms with van der Waals surface area (Å²) in [4.78, 5) is 11.7. The number of rotatable bonds is 4. The van der Waals surface area contributed by atoms with Gasteiger partial charge in [-0.3, -0.25) is 4.79 Å². The number of anilines is 1. The van der Waals surface area contributed by atoms with Crippen molar-refractivity contribution in [2.75, 3.05) is 5.73 Å². The van der Waals surface area contributed by atoms with E-state index in [-0.39, 0.29) is 24.8 Å². The van der Waals surface area contributed by atoms with Crippen LogP contribution >= 0.6 is 0 Å². The molecule has 0 saturated carbocycles. The van der Waals surface area contributed by atoms with Crippen molar-refractivity contribution in [1.82, 2.24) is 0 Å². The molecule has 4 heteroatoms. The molecule has 0 aliphatic rings. The molecule has 2 aromatic carbocycles. The molecule has 3 nitrogen and oxygen atoms in total. The van der Waals surface area contributed by atoms with Crippen molar-refractivity contribution in [3.8, 4) is 0 Å². The third-order valence-electron chi connectivity index (χ3n) is 2.68. The maximum absolute atomic E-state index is 12.9. The van der Waals surface area contributed by atoms with Gasteiger partial charge in [0.2, 0.25) is 0 Å². The molecule has 0 spiro atoms. The van der Waals surface area contributed by atoms with Gasteiger partial charge in [0, 0.05) is 5.69 Å². The average molecular weight is 259 g/mol. The second kappa shape index (κ2) is 6.00. The maximum atomic E-state index is 12.9. The molecular formula is C15H14FNO2. The Balaban J connectivity index is 1.90. The van der Waals surface area contributed by atoms with Crippen molar-refractivity contribution in [3.63, 3.8) is 0 Å². The number of nitrogens with two attached hydrogens (primary N) is 1. The second-order valence-electron chi connectivity index (χ2n) is 4.17. The van der Waals surface area contributed by atoms with E-state index in [0.717, 1.165) is 5.56 Å².